The van der Waals surface area contributed by atoms with Gasteiger partial charge >= 0.3 is 5.97 Å². The third-order valence-electron chi connectivity index (χ3n) is 7.10. The zero-order chi connectivity index (χ0) is 16.4. The van der Waals surface area contributed by atoms with E-state index in [4.69, 9.17) is 4.74 Å². The summed E-state index contributed by atoms with van der Waals surface area (Å²) in [6, 6.07) is 0. The zero-order valence-electron chi connectivity index (χ0n) is 14.8. The molecule has 3 aliphatic rings. The standard InChI is InChI=1S/C20H32O3/c1-14(19(22)23-13-15-7-4-3-5-8-15)16-10-11-17-18(21)9-6-12-20(16,17)2/h14-17H,3-13H2,1-2H3/t14?,16-,17+,20-/m1/s1. The van der Waals surface area contributed by atoms with Gasteiger partial charge in [-0.05, 0) is 55.8 Å². The van der Waals surface area contributed by atoms with Gasteiger partial charge in [0.05, 0.1) is 12.5 Å². The van der Waals surface area contributed by atoms with Crippen LogP contribution < -0.4 is 0 Å². The lowest BCUT2D eigenvalue weighted by molar-refractivity contribution is -0.154. The van der Waals surface area contributed by atoms with Crippen molar-refractivity contribution >= 4 is 11.8 Å². The molecule has 0 aromatic heterocycles. The van der Waals surface area contributed by atoms with E-state index >= 15 is 0 Å². The van der Waals surface area contributed by atoms with Crippen molar-refractivity contribution in [3.05, 3.63) is 0 Å². The van der Waals surface area contributed by atoms with E-state index in [1.54, 1.807) is 0 Å². The van der Waals surface area contributed by atoms with E-state index in [-0.39, 0.29) is 23.2 Å². The van der Waals surface area contributed by atoms with Crippen LogP contribution in [0.3, 0.4) is 0 Å². The summed E-state index contributed by atoms with van der Waals surface area (Å²) in [4.78, 5) is 24.8. The molecule has 0 radical (unpaired) electrons. The number of ether oxygens (including phenoxy) is 1. The van der Waals surface area contributed by atoms with Gasteiger partial charge in [-0.1, -0.05) is 33.1 Å². The minimum absolute atomic E-state index is 0.0264. The molecule has 3 heteroatoms. The number of rotatable bonds is 4. The second-order valence-electron chi connectivity index (χ2n) is 8.48. The Bertz CT molecular complexity index is 452. The Morgan fingerprint density at radius 3 is 2.65 bits per heavy atom. The fraction of sp³-hybridized carbons (Fsp3) is 0.900. The highest BCUT2D eigenvalue weighted by molar-refractivity contribution is 5.83. The average Bonchev–Trinajstić information content (AvgIpc) is 2.91. The van der Waals surface area contributed by atoms with Crippen LogP contribution >= 0.6 is 0 Å². The van der Waals surface area contributed by atoms with Gasteiger partial charge in [-0.2, -0.15) is 0 Å². The van der Waals surface area contributed by atoms with Crippen LogP contribution in [0.4, 0.5) is 0 Å². The van der Waals surface area contributed by atoms with Gasteiger partial charge in [0.15, 0.2) is 0 Å². The second kappa shape index (κ2) is 6.94. The molecule has 3 saturated carbocycles. The molecule has 0 amide bonds. The normalized spacial score (nSPS) is 36.5. The van der Waals surface area contributed by atoms with E-state index in [2.05, 4.69) is 6.92 Å². The maximum absolute atomic E-state index is 12.6. The third kappa shape index (κ3) is 3.34. The van der Waals surface area contributed by atoms with Crippen molar-refractivity contribution in [2.24, 2.45) is 29.1 Å². The van der Waals surface area contributed by atoms with Gasteiger partial charge in [-0.15, -0.1) is 0 Å². The topological polar surface area (TPSA) is 43.4 Å². The molecule has 0 aromatic carbocycles. The molecule has 0 aliphatic heterocycles. The number of fused-ring (bicyclic) bond motifs is 1. The minimum atomic E-state index is -0.0699. The van der Waals surface area contributed by atoms with Crippen molar-refractivity contribution in [2.75, 3.05) is 6.61 Å². The molecule has 130 valence electrons. The van der Waals surface area contributed by atoms with Gasteiger partial charge < -0.3 is 4.74 Å². The largest absolute Gasteiger partial charge is 0.465 e. The van der Waals surface area contributed by atoms with Crippen molar-refractivity contribution in [1.82, 2.24) is 0 Å². The first-order chi connectivity index (χ1) is 11.0. The molecule has 4 atom stereocenters. The maximum atomic E-state index is 12.6. The Hall–Kier alpha value is -0.860. The summed E-state index contributed by atoms with van der Waals surface area (Å²) in [5.41, 5.74) is 0.0264. The molecule has 23 heavy (non-hydrogen) atoms. The molecule has 3 rings (SSSR count). The number of ketones is 1. The molecule has 0 heterocycles. The first-order valence-electron chi connectivity index (χ1n) is 9.71. The smallest absolute Gasteiger partial charge is 0.308 e. The summed E-state index contributed by atoms with van der Waals surface area (Å²) < 4.78 is 5.68. The Balaban J connectivity index is 1.57. The van der Waals surface area contributed by atoms with Crippen LogP contribution in [0.25, 0.3) is 0 Å². The van der Waals surface area contributed by atoms with E-state index < -0.39 is 0 Å². The van der Waals surface area contributed by atoms with Crippen LogP contribution in [-0.2, 0) is 14.3 Å². The Labute approximate surface area is 140 Å². The molecule has 3 fully saturated rings. The fourth-order valence-electron chi connectivity index (χ4n) is 5.64. The number of hydrogen-bond donors (Lipinski definition) is 0. The van der Waals surface area contributed by atoms with E-state index in [0.29, 0.717) is 24.2 Å². The van der Waals surface area contributed by atoms with Crippen molar-refractivity contribution < 1.29 is 14.3 Å². The summed E-state index contributed by atoms with van der Waals surface area (Å²) >= 11 is 0. The number of carbonyl (C=O) groups excluding carboxylic acids is 2. The van der Waals surface area contributed by atoms with Crippen molar-refractivity contribution in [3.63, 3.8) is 0 Å². The Kier molecular flexibility index (Phi) is 5.13. The highest BCUT2D eigenvalue weighted by Gasteiger charge is 2.53. The van der Waals surface area contributed by atoms with E-state index in [0.717, 1.165) is 32.1 Å². The van der Waals surface area contributed by atoms with Crippen molar-refractivity contribution in [2.45, 2.75) is 78.1 Å². The molecule has 3 nitrogen and oxygen atoms in total. The first kappa shape index (κ1) is 17.0. The van der Waals surface area contributed by atoms with Gasteiger partial charge in [-0.3, -0.25) is 9.59 Å². The van der Waals surface area contributed by atoms with E-state index in [1.807, 2.05) is 6.92 Å². The lowest BCUT2D eigenvalue weighted by Gasteiger charge is -2.41. The first-order valence-corrected chi connectivity index (χ1v) is 9.71. The van der Waals surface area contributed by atoms with Crippen LogP contribution in [-0.4, -0.2) is 18.4 Å². The van der Waals surface area contributed by atoms with Crippen LogP contribution in [0, 0.1) is 29.1 Å². The molecule has 0 saturated heterocycles. The molecule has 0 spiro atoms. The molecule has 0 aromatic rings. The van der Waals surface area contributed by atoms with Crippen molar-refractivity contribution in [1.29, 1.82) is 0 Å². The zero-order valence-corrected chi connectivity index (χ0v) is 14.8. The number of Topliss-reactive ketones (excluding diaryl/α,β-unsaturated/α-hetero) is 1. The second-order valence-corrected chi connectivity index (χ2v) is 8.48. The van der Waals surface area contributed by atoms with Crippen LogP contribution in [0.5, 0.6) is 0 Å². The fourth-order valence-corrected chi connectivity index (χ4v) is 5.64. The lowest BCUT2D eigenvalue weighted by Crippen LogP contribution is -2.41. The summed E-state index contributed by atoms with van der Waals surface area (Å²) in [6.45, 7) is 4.88. The predicted octanol–water partition coefficient (Wildman–Crippen LogP) is 4.53. The molecular weight excluding hydrogens is 288 g/mol. The maximum Gasteiger partial charge on any atom is 0.308 e. The van der Waals surface area contributed by atoms with Gasteiger partial charge in [0, 0.05) is 12.3 Å². The van der Waals surface area contributed by atoms with Gasteiger partial charge in [0.2, 0.25) is 0 Å². The minimum Gasteiger partial charge on any atom is -0.465 e. The van der Waals surface area contributed by atoms with Crippen LogP contribution in [0.15, 0.2) is 0 Å². The molecule has 0 N–H and O–H groups in total. The Morgan fingerprint density at radius 2 is 1.91 bits per heavy atom. The lowest BCUT2D eigenvalue weighted by atomic mass is 9.62. The summed E-state index contributed by atoms with van der Waals surface area (Å²) in [7, 11) is 0. The number of esters is 1. The molecule has 0 bridgehead atoms. The summed E-state index contributed by atoms with van der Waals surface area (Å²) in [5, 5.41) is 0. The third-order valence-corrected chi connectivity index (χ3v) is 7.10. The van der Waals surface area contributed by atoms with Crippen LogP contribution in [0.1, 0.15) is 78.1 Å². The highest BCUT2D eigenvalue weighted by Crippen LogP contribution is 2.56. The van der Waals surface area contributed by atoms with Crippen LogP contribution in [0.2, 0.25) is 0 Å². The van der Waals surface area contributed by atoms with Gasteiger partial charge in [-0.25, -0.2) is 0 Å². The molecular formula is C20H32O3. The van der Waals surface area contributed by atoms with Gasteiger partial charge in [0.1, 0.15) is 5.78 Å². The Morgan fingerprint density at radius 1 is 1.17 bits per heavy atom. The number of hydrogen-bond acceptors (Lipinski definition) is 3. The highest BCUT2D eigenvalue weighted by atomic mass is 16.5. The number of carbonyl (C=O) groups is 2. The monoisotopic (exact) mass is 320 g/mol. The SMILES string of the molecule is CC(C(=O)OCC1CCCCC1)[C@H]1CC[C@H]2C(=O)CCC[C@]12C. The average molecular weight is 320 g/mol. The summed E-state index contributed by atoms with van der Waals surface area (Å²) in [6.07, 6.45) is 11.1. The quantitative estimate of drug-likeness (QED) is 0.715. The molecule has 3 aliphatic carbocycles. The summed E-state index contributed by atoms with van der Waals surface area (Å²) in [5.74, 6) is 1.41. The van der Waals surface area contributed by atoms with E-state index in [1.165, 1.54) is 32.1 Å². The molecule has 1 unspecified atom stereocenters. The van der Waals surface area contributed by atoms with Crippen molar-refractivity contribution in [3.8, 4) is 0 Å². The van der Waals surface area contributed by atoms with Gasteiger partial charge in [0.25, 0.3) is 0 Å². The van der Waals surface area contributed by atoms with E-state index in [9.17, 15) is 9.59 Å². The predicted molar refractivity (Wildman–Crippen MR) is 89.9 cm³/mol.